The van der Waals surface area contributed by atoms with Gasteiger partial charge in [0, 0.05) is 42.1 Å². The average Bonchev–Trinajstić information content (AvgIpc) is 3.14. The third-order valence-corrected chi connectivity index (χ3v) is 6.72. The number of nitrogens with zero attached hydrogens (tertiary/aromatic N) is 1. The maximum Gasteiger partial charge on any atom is 0.278 e. The molecule has 0 aromatic heterocycles. The molecule has 196 valence electrons. The Bertz CT molecular complexity index is 1360. The Hall–Kier alpha value is -4.15. The summed E-state index contributed by atoms with van der Waals surface area (Å²) in [7, 11) is 3.09. The molecule has 10 heteroatoms. The van der Waals surface area contributed by atoms with E-state index >= 15 is 0 Å². The number of amides is 3. The standard InChI is InChI=1S/C28H26FN3O5S/c1-36-16-4-15-32-27(34)24(30-20-9-7-19(29)8-10-20)25(28(32)35)38-23-13-11-21(12-14-23)31-26(33)18-5-3-6-22(17-18)37-2/h3,5-14,17,30H,4,15-16H2,1-2H3,(H,31,33). The van der Waals surface area contributed by atoms with Gasteiger partial charge in [0.1, 0.15) is 22.2 Å². The van der Waals surface area contributed by atoms with E-state index < -0.39 is 17.6 Å². The number of carbonyl (C=O) groups is 3. The Morgan fingerprint density at radius 2 is 1.66 bits per heavy atom. The lowest BCUT2D eigenvalue weighted by atomic mass is 10.2. The molecule has 3 aromatic rings. The number of anilines is 2. The lowest BCUT2D eigenvalue weighted by Gasteiger charge is -2.14. The molecule has 0 bridgehead atoms. The average molecular weight is 536 g/mol. The van der Waals surface area contributed by atoms with Crippen molar-refractivity contribution in [1.82, 2.24) is 4.90 Å². The van der Waals surface area contributed by atoms with E-state index in [1.807, 2.05) is 0 Å². The van der Waals surface area contributed by atoms with Crippen molar-refractivity contribution in [2.24, 2.45) is 0 Å². The van der Waals surface area contributed by atoms with Crippen molar-refractivity contribution in [3.05, 3.63) is 94.8 Å². The molecule has 3 aromatic carbocycles. The maximum absolute atomic E-state index is 13.4. The molecule has 0 unspecified atom stereocenters. The van der Waals surface area contributed by atoms with E-state index in [2.05, 4.69) is 10.6 Å². The molecule has 0 radical (unpaired) electrons. The normalized spacial score (nSPS) is 13.2. The van der Waals surface area contributed by atoms with Gasteiger partial charge in [-0.3, -0.25) is 19.3 Å². The van der Waals surface area contributed by atoms with Crippen LogP contribution in [-0.2, 0) is 14.3 Å². The largest absolute Gasteiger partial charge is 0.497 e. The van der Waals surface area contributed by atoms with Crippen molar-refractivity contribution >= 4 is 40.9 Å². The highest BCUT2D eigenvalue weighted by Gasteiger charge is 2.38. The summed E-state index contributed by atoms with van der Waals surface area (Å²) in [6.07, 6.45) is 0.497. The van der Waals surface area contributed by atoms with E-state index in [1.54, 1.807) is 55.6 Å². The van der Waals surface area contributed by atoms with Crippen LogP contribution in [0.4, 0.5) is 15.8 Å². The third-order valence-electron chi connectivity index (χ3n) is 5.63. The summed E-state index contributed by atoms with van der Waals surface area (Å²) < 4.78 is 23.6. The Morgan fingerprint density at radius 1 is 0.947 bits per heavy atom. The zero-order valence-electron chi connectivity index (χ0n) is 20.8. The highest BCUT2D eigenvalue weighted by Crippen LogP contribution is 2.36. The minimum Gasteiger partial charge on any atom is -0.497 e. The van der Waals surface area contributed by atoms with Crippen LogP contribution in [0.15, 0.2) is 88.3 Å². The van der Waals surface area contributed by atoms with Crippen LogP contribution in [-0.4, -0.2) is 50.0 Å². The molecule has 8 nitrogen and oxygen atoms in total. The molecule has 0 saturated heterocycles. The molecule has 0 atom stereocenters. The number of nitrogens with one attached hydrogen (secondary N) is 2. The molecule has 0 fully saturated rings. The second-order valence-corrected chi connectivity index (χ2v) is 9.34. The first kappa shape index (κ1) is 26.9. The fraction of sp³-hybridized carbons (Fsp3) is 0.179. The van der Waals surface area contributed by atoms with E-state index in [1.165, 1.54) is 36.3 Å². The summed E-state index contributed by atoms with van der Waals surface area (Å²) >= 11 is 1.14. The smallest absolute Gasteiger partial charge is 0.278 e. The monoisotopic (exact) mass is 535 g/mol. The summed E-state index contributed by atoms with van der Waals surface area (Å²) in [6, 6.07) is 19.3. The van der Waals surface area contributed by atoms with Crippen LogP contribution in [0.3, 0.4) is 0 Å². The fourth-order valence-corrected chi connectivity index (χ4v) is 4.64. The minimum absolute atomic E-state index is 0.124. The van der Waals surface area contributed by atoms with E-state index in [0.29, 0.717) is 40.6 Å². The molecule has 4 rings (SSSR count). The molecular formula is C28H26FN3O5S. The van der Waals surface area contributed by atoms with Gasteiger partial charge in [0.25, 0.3) is 17.7 Å². The van der Waals surface area contributed by atoms with Gasteiger partial charge in [-0.1, -0.05) is 17.8 Å². The van der Waals surface area contributed by atoms with Crippen molar-refractivity contribution in [2.45, 2.75) is 11.3 Å². The molecule has 0 aliphatic carbocycles. The van der Waals surface area contributed by atoms with Crippen molar-refractivity contribution in [2.75, 3.05) is 38.0 Å². The Balaban J connectivity index is 1.52. The number of carbonyl (C=O) groups excluding carboxylic acids is 3. The molecular weight excluding hydrogens is 509 g/mol. The third kappa shape index (κ3) is 6.39. The first-order chi connectivity index (χ1) is 18.4. The molecule has 1 aliphatic heterocycles. The molecule has 1 aliphatic rings. The van der Waals surface area contributed by atoms with Gasteiger partial charge in [-0.15, -0.1) is 0 Å². The molecule has 2 N–H and O–H groups in total. The van der Waals surface area contributed by atoms with Crippen molar-refractivity contribution in [3.8, 4) is 5.75 Å². The molecule has 0 spiro atoms. The van der Waals surface area contributed by atoms with Crippen LogP contribution >= 0.6 is 11.8 Å². The van der Waals surface area contributed by atoms with Gasteiger partial charge in [0.2, 0.25) is 0 Å². The first-order valence-electron chi connectivity index (χ1n) is 11.7. The fourth-order valence-electron chi connectivity index (χ4n) is 3.70. The number of methoxy groups -OCH3 is 2. The Kier molecular flexibility index (Phi) is 8.77. The Morgan fingerprint density at radius 3 is 2.34 bits per heavy atom. The molecule has 38 heavy (non-hydrogen) atoms. The quantitative estimate of drug-likeness (QED) is 0.266. The SMILES string of the molecule is COCCCN1C(=O)C(Nc2ccc(F)cc2)=C(Sc2ccc(NC(=O)c3cccc(OC)c3)cc2)C1=O. The van der Waals surface area contributed by atoms with Gasteiger partial charge in [0.15, 0.2) is 0 Å². The van der Waals surface area contributed by atoms with Gasteiger partial charge >= 0.3 is 0 Å². The predicted octanol–water partition coefficient (Wildman–Crippen LogP) is 4.91. The molecule has 0 saturated carbocycles. The minimum atomic E-state index is -0.458. The number of rotatable bonds is 11. The van der Waals surface area contributed by atoms with Crippen molar-refractivity contribution in [3.63, 3.8) is 0 Å². The zero-order valence-corrected chi connectivity index (χ0v) is 21.6. The summed E-state index contributed by atoms with van der Waals surface area (Å²) in [4.78, 5) is 41.0. The lowest BCUT2D eigenvalue weighted by molar-refractivity contribution is -0.137. The van der Waals surface area contributed by atoms with Gasteiger partial charge in [-0.25, -0.2) is 4.39 Å². The van der Waals surface area contributed by atoms with E-state index in [9.17, 15) is 18.8 Å². The van der Waals surface area contributed by atoms with Gasteiger partial charge < -0.3 is 20.1 Å². The van der Waals surface area contributed by atoms with Crippen LogP contribution in [0.2, 0.25) is 0 Å². The number of benzene rings is 3. The lowest BCUT2D eigenvalue weighted by Crippen LogP contribution is -2.33. The first-order valence-corrected chi connectivity index (χ1v) is 12.6. The molecule has 3 amide bonds. The number of thioether (sulfide) groups is 1. The topological polar surface area (TPSA) is 97.0 Å². The van der Waals surface area contributed by atoms with Gasteiger partial charge in [-0.05, 0) is 73.2 Å². The van der Waals surface area contributed by atoms with E-state index in [0.717, 1.165) is 11.8 Å². The highest BCUT2D eigenvalue weighted by atomic mass is 32.2. The number of hydrogen-bond acceptors (Lipinski definition) is 7. The summed E-state index contributed by atoms with van der Waals surface area (Å²) in [5.41, 5.74) is 1.62. The van der Waals surface area contributed by atoms with Gasteiger partial charge in [0.05, 0.1) is 7.11 Å². The second kappa shape index (κ2) is 12.4. The van der Waals surface area contributed by atoms with Gasteiger partial charge in [-0.2, -0.15) is 0 Å². The van der Waals surface area contributed by atoms with Crippen LogP contribution in [0.25, 0.3) is 0 Å². The van der Waals surface area contributed by atoms with E-state index in [4.69, 9.17) is 9.47 Å². The summed E-state index contributed by atoms with van der Waals surface area (Å²) in [5, 5.41) is 5.81. The van der Waals surface area contributed by atoms with Crippen molar-refractivity contribution in [1.29, 1.82) is 0 Å². The summed E-state index contributed by atoms with van der Waals surface area (Å²) in [5.74, 6) is -1.00. The summed E-state index contributed by atoms with van der Waals surface area (Å²) in [6.45, 7) is 0.614. The number of imide groups is 1. The van der Waals surface area contributed by atoms with Crippen molar-refractivity contribution < 1.29 is 28.2 Å². The maximum atomic E-state index is 13.4. The number of halogens is 1. The highest BCUT2D eigenvalue weighted by molar-refractivity contribution is 8.04. The van der Waals surface area contributed by atoms with Crippen LogP contribution in [0.5, 0.6) is 5.75 Å². The second-order valence-electron chi connectivity index (χ2n) is 8.26. The van der Waals surface area contributed by atoms with Crippen LogP contribution in [0, 0.1) is 5.82 Å². The predicted molar refractivity (Wildman–Crippen MR) is 144 cm³/mol. The number of ether oxygens (including phenoxy) is 2. The van der Waals surface area contributed by atoms with Crippen LogP contribution < -0.4 is 15.4 Å². The van der Waals surface area contributed by atoms with E-state index in [-0.39, 0.29) is 23.1 Å². The zero-order chi connectivity index (χ0) is 27.1. The van der Waals surface area contributed by atoms with Crippen LogP contribution in [0.1, 0.15) is 16.8 Å². The molecule has 1 heterocycles. The number of hydrogen-bond donors (Lipinski definition) is 2. The Labute approximate surface area is 223 Å².